The van der Waals surface area contributed by atoms with E-state index in [1.165, 1.54) is 0 Å². The van der Waals surface area contributed by atoms with Crippen molar-refractivity contribution < 1.29 is 14.7 Å². The van der Waals surface area contributed by atoms with Gasteiger partial charge in [0.1, 0.15) is 5.76 Å². The molecule has 1 aliphatic carbocycles. The largest absolute Gasteiger partial charge is 0.507 e. The molecule has 0 bridgehead atoms. The summed E-state index contributed by atoms with van der Waals surface area (Å²) in [4.78, 5) is 27.7. The van der Waals surface area contributed by atoms with Crippen molar-refractivity contribution in [2.24, 2.45) is 0 Å². The number of amides is 1. The number of Topliss-reactive ketones (excluding diaryl/α,β-unsaturated/α-hetero) is 1. The molecule has 2 fully saturated rings. The van der Waals surface area contributed by atoms with Gasteiger partial charge in [-0.15, -0.1) is 0 Å². The summed E-state index contributed by atoms with van der Waals surface area (Å²) < 4.78 is 0. The van der Waals surface area contributed by atoms with Crippen LogP contribution in [0.3, 0.4) is 0 Å². The number of carbonyl (C=O) groups is 2. The van der Waals surface area contributed by atoms with Crippen LogP contribution in [-0.2, 0) is 9.59 Å². The minimum atomic E-state index is -0.587. The van der Waals surface area contributed by atoms with Crippen LogP contribution in [-0.4, -0.2) is 27.7 Å². The van der Waals surface area contributed by atoms with E-state index in [2.05, 4.69) is 0 Å². The van der Waals surface area contributed by atoms with Crippen molar-refractivity contribution in [1.82, 2.24) is 4.90 Å². The van der Waals surface area contributed by atoms with Crippen molar-refractivity contribution in [3.63, 3.8) is 0 Å². The van der Waals surface area contributed by atoms with Gasteiger partial charge in [0.2, 0.25) is 0 Å². The molecule has 0 spiro atoms. The van der Waals surface area contributed by atoms with Gasteiger partial charge in [-0.3, -0.25) is 9.59 Å². The zero-order valence-corrected chi connectivity index (χ0v) is 15.4. The summed E-state index contributed by atoms with van der Waals surface area (Å²) in [5.41, 5.74) is 2.67. The maximum atomic E-state index is 13.0. The molecule has 1 saturated heterocycles. The molecule has 4 heteroatoms. The molecule has 1 saturated carbocycles. The molecule has 1 atom stereocenters. The topological polar surface area (TPSA) is 57.6 Å². The molecule has 2 aromatic rings. The third-order valence-corrected chi connectivity index (χ3v) is 5.73. The lowest BCUT2D eigenvalue weighted by Crippen LogP contribution is -2.37. The van der Waals surface area contributed by atoms with Crippen LogP contribution >= 0.6 is 0 Å². The van der Waals surface area contributed by atoms with Crippen molar-refractivity contribution >= 4 is 17.4 Å². The van der Waals surface area contributed by atoms with E-state index in [1.54, 1.807) is 17.0 Å². The molecule has 0 radical (unpaired) electrons. The van der Waals surface area contributed by atoms with Crippen molar-refractivity contribution in [3.8, 4) is 0 Å². The summed E-state index contributed by atoms with van der Waals surface area (Å²) in [6.45, 7) is 1.98. The molecule has 27 heavy (non-hydrogen) atoms. The highest BCUT2D eigenvalue weighted by Crippen LogP contribution is 2.44. The Balaban J connectivity index is 1.92. The Morgan fingerprint density at radius 2 is 1.59 bits per heavy atom. The number of nitrogens with zero attached hydrogens (tertiary/aromatic N) is 1. The number of ketones is 1. The van der Waals surface area contributed by atoms with E-state index in [9.17, 15) is 14.7 Å². The van der Waals surface area contributed by atoms with Crippen LogP contribution in [0.15, 0.2) is 60.2 Å². The minimum Gasteiger partial charge on any atom is -0.507 e. The van der Waals surface area contributed by atoms with Crippen LogP contribution in [0.5, 0.6) is 0 Å². The first-order valence-electron chi connectivity index (χ1n) is 9.50. The lowest BCUT2D eigenvalue weighted by atomic mass is 9.92. The summed E-state index contributed by atoms with van der Waals surface area (Å²) in [7, 11) is 0. The number of benzene rings is 2. The highest BCUT2D eigenvalue weighted by atomic mass is 16.3. The summed E-state index contributed by atoms with van der Waals surface area (Å²) in [5, 5.41) is 11.0. The Kier molecular flexibility index (Phi) is 4.56. The van der Waals surface area contributed by atoms with Crippen molar-refractivity contribution in [1.29, 1.82) is 0 Å². The highest BCUT2D eigenvalue weighted by molar-refractivity contribution is 6.46. The van der Waals surface area contributed by atoms with Gasteiger partial charge in [0, 0.05) is 11.6 Å². The summed E-state index contributed by atoms with van der Waals surface area (Å²) >= 11 is 0. The van der Waals surface area contributed by atoms with E-state index in [0.717, 1.165) is 36.8 Å². The quantitative estimate of drug-likeness (QED) is 0.502. The van der Waals surface area contributed by atoms with Crippen molar-refractivity contribution in [2.45, 2.75) is 44.7 Å². The van der Waals surface area contributed by atoms with Gasteiger partial charge in [-0.25, -0.2) is 0 Å². The molecule has 1 amide bonds. The molecule has 1 unspecified atom stereocenters. The summed E-state index contributed by atoms with van der Waals surface area (Å²) in [6, 6.07) is 16.3. The molecule has 1 heterocycles. The Labute approximate surface area is 159 Å². The van der Waals surface area contributed by atoms with E-state index in [0.29, 0.717) is 5.56 Å². The molecule has 4 nitrogen and oxygen atoms in total. The molecular weight excluding hydrogens is 338 g/mol. The fraction of sp³-hybridized carbons (Fsp3) is 0.304. The van der Waals surface area contributed by atoms with Gasteiger partial charge >= 0.3 is 0 Å². The smallest absolute Gasteiger partial charge is 0.295 e. The number of aliphatic hydroxyl groups is 1. The Morgan fingerprint density at radius 1 is 0.963 bits per heavy atom. The zero-order valence-electron chi connectivity index (χ0n) is 15.4. The van der Waals surface area contributed by atoms with E-state index < -0.39 is 17.7 Å². The maximum absolute atomic E-state index is 13.0. The normalized spacial score (nSPS) is 22.6. The molecule has 138 valence electrons. The zero-order chi connectivity index (χ0) is 19.0. The summed E-state index contributed by atoms with van der Waals surface area (Å²) in [6.07, 6.45) is 3.93. The van der Waals surface area contributed by atoms with Gasteiger partial charge in [-0.2, -0.15) is 0 Å². The molecular formula is C23H23NO3. The lowest BCUT2D eigenvalue weighted by Gasteiger charge is -2.31. The van der Waals surface area contributed by atoms with Crippen molar-refractivity contribution in [3.05, 3.63) is 76.9 Å². The SMILES string of the molecule is Cc1ccccc1C1/C(=C(/O)c2ccccc2)C(=O)C(=O)N1C1CCCC1. The maximum Gasteiger partial charge on any atom is 0.295 e. The predicted molar refractivity (Wildman–Crippen MR) is 104 cm³/mol. The number of hydrogen-bond acceptors (Lipinski definition) is 3. The number of aliphatic hydroxyl groups excluding tert-OH is 1. The summed E-state index contributed by atoms with van der Waals surface area (Å²) in [5.74, 6) is -1.17. The average Bonchev–Trinajstić information content (AvgIpc) is 3.30. The standard InChI is InChI=1S/C23H23NO3/c1-15-9-5-8-14-18(15)20-19(21(25)16-10-3-2-4-11-16)22(26)23(27)24(20)17-12-6-7-13-17/h2-5,8-11,14,17,20,25H,6-7,12-13H2,1H3/b21-19-. The molecule has 2 aromatic carbocycles. The molecule has 4 rings (SSSR count). The first-order chi connectivity index (χ1) is 13.1. The van der Waals surface area contributed by atoms with E-state index >= 15 is 0 Å². The van der Waals surface area contributed by atoms with Gasteiger partial charge in [-0.05, 0) is 30.9 Å². The monoisotopic (exact) mass is 361 g/mol. The highest BCUT2D eigenvalue weighted by Gasteiger charge is 2.49. The lowest BCUT2D eigenvalue weighted by molar-refractivity contribution is -0.141. The van der Waals surface area contributed by atoms with Crippen LogP contribution in [0, 0.1) is 6.92 Å². The second kappa shape index (κ2) is 7.03. The van der Waals surface area contributed by atoms with E-state index in [-0.39, 0.29) is 17.4 Å². The Morgan fingerprint density at radius 3 is 2.26 bits per heavy atom. The third kappa shape index (κ3) is 2.95. The first kappa shape index (κ1) is 17.5. The fourth-order valence-corrected chi connectivity index (χ4v) is 4.36. The van der Waals surface area contributed by atoms with Crippen LogP contribution in [0.2, 0.25) is 0 Å². The van der Waals surface area contributed by atoms with Crippen molar-refractivity contribution in [2.75, 3.05) is 0 Å². The third-order valence-electron chi connectivity index (χ3n) is 5.73. The van der Waals surface area contributed by atoms with Gasteiger partial charge in [0.15, 0.2) is 0 Å². The van der Waals surface area contributed by atoms with E-state index in [4.69, 9.17) is 0 Å². The second-order valence-corrected chi connectivity index (χ2v) is 7.37. The minimum absolute atomic E-state index is 0.0483. The molecule has 1 aliphatic heterocycles. The van der Waals surface area contributed by atoms with Gasteiger partial charge < -0.3 is 10.0 Å². The average molecular weight is 361 g/mol. The number of hydrogen-bond donors (Lipinski definition) is 1. The first-order valence-corrected chi connectivity index (χ1v) is 9.50. The second-order valence-electron chi connectivity index (χ2n) is 7.37. The Hall–Kier alpha value is -2.88. The van der Waals surface area contributed by atoms with Gasteiger partial charge in [0.05, 0.1) is 11.6 Å². The number of carbonyl (C=O) groups excluding carboxylic acids is 2. The predicted octanol–water partition coefficient (Wildman–Crippen LogP) is 4.36. The molecule has 1 N–H and O–H groups in total. The van der Waals surface area contributed by atoms with E-state index in [1.807, 2.05) is 49.4 Å². The van der Waals surface area contributed by atoms with Crippen LogP contribution < -0.4 is 0 Å². The van der Waals surface area contributed by atoms with Crippen LogP contribution in [0.25, 0.3) is 5.76 Å². The molecule has 2 aliphatic rings. The van der Waals surface area contributed by atoms with Gasteiger partial charge in [-0.1, -0.05) is 67.4 Å². The fourth-order valence-electron chi connectivity index (χ4n) is 4.36. The number of aryl methyl sites for hydroxylation is 1. The number of rotatable bonds is 3. The molecule has 0 aromatic heterocycles. The Bertz CT molecular complexity index is 910. The van der Waals surface area contributed by atoms with Gasteiger partial charge in [0.25, 0.3) is 11.7 Å². The van der Waals surface area contributed by atoms with Crippen LogP contribution in [0.4, 0.5) is 0 Å². The number of likely N-dealkylation sites (tertiary alicyclic amines) is 1. The van der Waals surface area contributed by atoms with Crippen LogP contribution in [0.1, 0.15) is 48.4 Å².